The Kier molecular flexibility index (Phi) is 4.35. The smallest absolute Gasteiger partial charge is 0.105 e. The summed E-state index contributed by atoms with van der Waals surface area (Å²) in [6.07, 6.45) is 7.74. The molecular formula is C17H21N5S. The van der Waals surface area contributed by atoms with Crippen molar-refractivity contribution in [2.75, 3.05) is 13.1 Å². The molecule has 1 saturated heterocycles. The summed E-state index contributed by atoms with van der Waals surface area (Å²) in [6.45, 7) is 4.46. The largest absolute Gasteiger partial charge is 0.299 e. The summed E-state index contributed by atoms with van der Waals surface area (Å²) in [6, 6.07) is 8.46. The SMILES string of the molecule is c1cnn(CCC2CCN(Cc3ccc4nsnc4c3)CC2)c1. The number of piperidine rings is 1. The number of aryl methyl sites for hydroxylation is 1. The quantitative estimate of drug-likeness (QED) is 0.722. The van der Waals surface area contributed by atoms with Crippen LogP contribution < -0.4 is 0 Å². The van der Waals surface area contributed by atoms with Crippen molar-refractivity contribution in [2.24, 2.45) is 5.92 Å². The van der Waals surface area contributed by atoms with Gasteiger partial charge in [0.2, 0.25) is 0 Å². The van der Waals surface area contributed by atoms with Crippen molar-refractivity contribution in [3.05, 3.63) is 42.2 Å². The number of benzene rings is 1. The van der Waals surface area contributed by atoms with Crippen LogP contribution in [0.5, 0.6) is 0 Å². The molecule has 0 N–H and O–H groups in total. The van der Waals surface area contributed by atoms with Gasteiger partial charge in [-0.15, -0.1) is 0 Å². The number of rotatable bonds is 5. The molecule has 1 aliphatic rings. The maximum Gasteiger partial charge on any atom is 0.105 e. The van der Waals surface area contributed by atoms with E-state index >= 15 is 0 Å². The Morgan fingerprint density at radius 2 is 2.00 bits per heavy atom. The number of aromatic nitrogens is 4. The van der Waals surface area contributed by atoms with Crippen LogP contribution in [0.25, 0.3) is 11.0 Å². The summed E-state index contributed by atoms with van der Waals surface area (Å²) in [7, 11) is 0. The van der Waals surface area contributed by atoms with Gasteiger partial charge in [-0.3, -0.25) is 9.58 Å². The highest BCUT2D eigenvalue weighted by molar-refractivity contribution is 7.00. The van der Waals surface area contributed by atoms with Crippen LogP contribution >= 0.6 is 11.7 Å². The third-order valence-electron chi connectivity index (χ3n) is 4.76. The lowest BCUT2D eigenvalue weighted by Crippen LogP contribution is -2.33. The van der Waals surface area contributed by atoms with Crippen molar-refractivity contribution >= 4 is 22.8 Å². The highest BCUT2D eigenvalue weighted by Gasteiger charge is 2.19. The minimum atomic E-state index is 0.834. The minimum absolute atomic E-state index is 0.834. The van der Waals surface area contributed by atoms with E-state index in [1.165, 1.54) is 49.6 Å². The van der Waals surface area contributed by atoms with Crippen molar-refractivity contribution in [3.8, 4) is 0 Å². The first kappa shape index (κ1) is 14.8. The van der Waals surface area contributed by atoms with Gasteiger partial charge in [0.25, 0.3) is 0 Å². The van der Waals surface area contributed by atoms with Crippen LogP contribution in [0.2, 0.25) is 0 Å². The number of likely N-dealkylation sites (tertiary alicyclic amines) is 1. The molecule has 0 radical (unpaired) electrons. The maximum absolute atomic E-state index is 4.34. The molecular weight excluding hydrogens is 306 g/mol. The summed E-state index contributed by atoms with van der Waals surface area (Å²) >= 11 is 1.29. The lowest BCUT2D eigenvalue weighted by molar-refractivity contribution is 0.168. The van der Waals surface area contributed by atoms with E-state index in [0.717, 1.165) is 30.0 Å². The van der Waals surface area contributed by atoms with Crippen LogP contribution in [0.15, 0.2) is 36.7 Å². The van der Waals surface area contributed by atoms with Gasteiger partial charge in [-0.25, -0.2) is 0 Å². The lowest BCUT2D eigenvalue weighted by atomic mass is 9.93. The Morgan fingerprint density at radius 3 is 2.83 bits per heavy atom. The molecule has 1 aromatic carbocycles. The third-order valence-corrected chi connectivity index (χ3v) is 5.31. The molecule has 2 aromatic heterocycles. The fraction of sp³-hybridized carbons (Fsp3) is 0.471. The molecule has 0 atom stereocenters. The normalized spacial score (nSPS) is 17.0. The molecule has 6 heteroatoms. The Balaban J connectivity index is 1.27. The van der Waals surface area contributed by atoms with Gasteiger partial charge in [0.1, 0.15) is 11.0 Å². The molecule has 120 valence electrons. The van der Waals surface area contributed by atoms with Gasteiger partial charge in [0.05, 0.1) is 11.7 Å². The second-order valence-electron chi connectivity index (χ2n) is 6.36. The van der Waals surface area contributed by atoms with E-state index in [1.807, 2.05) is 16.9 Å². The molecule has 23 heavy (non-hydrogen) atoms. The Labute approximate surface area is 140 Å². The summed E-state index contributed by atoms with van der Waals surface area (Å²) in [5.74, 6) is 0.834. The maximum atomic E-state index is 4.34. The molecule has 0 unspecified atom stereocenters. The molecule has 1 fully saturated rings. The second kappa shape index (κ2) is 6.76. The topological polar surface area (TPSA) is 46.8 Å². The summed E-state index contributed by atoms with van der Waals surface area (Å²) in [4.78, 5) is 2.56. The average Bonchev–Trinajstić information content (AvgIpc) is 3.25. The predicted octanol–water partition coefficient (Wildman–Crippen LogP) is 3.19. The van der Waals surface area contributed by atoms with Crippen LogP contribution in [-0.2, 0) is 13.1 Å². The fourth-order valence-electron chi connectivity index (χ4n) is 3.37. The zero-order valence-corrected chi connectivity index (χ0v) is 14.0. The highest BCUT2D eigenvalue weighted by atomic mass is 32.1. The average molecular weight is 327 g/mol. The summed E-state index contributed by atoms with van der Waals surface area (Å²) in [5.41, 5.74) is 3.39. The summed E-state index contributed by atoms with van der Waals surface area (Å²) in [5, 5.41) is 4.29. The van der Waals surface area contributed by atoms with Crippen molar-refractivity contribution in [1.29, 1.82) is 0 Å². The summed E-state index contributed by atoms with van der Waals surface area (Å²) < 4.78 is 10.7. The van der Waals surface area contributed by atoms with E-state index < -0.39 is 0 Å². The third kappa shape index (κ3) is 3.59. The van der Waals surface area contributed by atoms with Crippen molar-refractivity contribution in [3.63, 3.8) is 0 Å². The lowest BCUT2D eigenvalue weighted by Gasteiger charge is -2.32. The molecule has 0 amide bonds. The van der Waals surface area contributed by atoms with Crippen LogP contribution in [0.1, 0.15) is 24.8 Å². The van der Waals surface area contributed by atoms with Gasteiger partial charge in [-0.05, 0) is 62.0 Å². The van der Waals surface area contributed by atoms with E-state index in [0.29, 0.717) is 0 Å². The van der Waals surface area contributed by atoms with Gasteiger partial charge in [-0.2, -0.15) is 13.8 Å². The van der Waals surface area contributed by atoms with E-state index in [1.54, 1.807) is 0 Å². The predicted molar refractivity (Wildman–Crippen MR) is 92.3 cm³/mol. The fourth-order valence-corrected chi connectivity index (χ4v) is 3.88. The van der Waals surface area contributed by atoms with E-state index in [-0.39, 0.29) is 0 Å². The van der Waals surface area contributed by atoms with Crippen molar-refractivity contribution < 1.29 is 0 Å². The first-order chi connectivity index (χ1) is 11.4. The van der Waals surface area contributed by atoms with Crippen molar-refractivity contribution in [1.82, 2.24) is 23.4 Å². The van der Waals surface area contributed by atoms with Gasteiger partial charge < -0.3 is 0 Å². The Bertz CT molecular complexity index is 743. The van der Waals surface area contributed by atoms with Crippen LogP contribution in [0, 0.1) is 5.92 Å². The minimum Gasteiger partial charge on any atom is -0.299 e. The van der Waals surface area contributed by atoms with Crippen LogP contribution in [-0.4, -0.2) is 36.5 Å². The standard InChI is InChI=1S/C17H21N5S/c1-7-18-22(8-1)11-6-14-4-9-21(10-5-14)13-15-2-3-16-17(12-15)20-23-19-16/h1-3,7-8,12,14H,4-6,9-11,13H2. The zero-order valence-electron chi connectivity index (χ0n) is 13.1. The molecule has 0 saturated carbocycles. The van der Waals surface area contributed by atoms with Crippen LogP contribution in [0.4, 0.5) is 0 Å². The molecule has 3 heterocycles. The first-order valence-corrected chi connectivity index (χ1v) is 9.01. The van der Waals surface area contributed by atoms with E-state index in [4.69, 9.17) is 0 Å². The number of fused-ring (bicyclic) bond motifs is 1. The molecule has 5 nitrogen and oxygen atoms in total. The van der Waals surface area contributed by atoms with Gasteiger partial charge >= 0.3 is 0 Å². The van der Waals surface area contributed by atoms with Gasteiger partial charge in [-0.1, -0.05) is 6.07 Å². The number of nitrogens with zero attached hydrogens (tertiary/aromatic N) is 5. The van der Waals surface area contributed by atoms with E-state index in [2.05, 4.69) is 43.1 Å². The van der Waals surface area contributed by atoms with Gasteiger partial charge in [0, 0.05) is 25.5 Å². The Hall–Kier alpha value is -1.79. The monoisotopic (exact) mass is 327 g/mol. The highest BCUT2D eigenvalue weighted by Crippen LogP contribution is 2.23. The van der Waals surface area contributed by atoms with E-state index in [9.17, 15) is 0 Å². The molecule has 0 spiro atoms. The molecule has 0 aliphatic carbocycles. The van der Waals surface area contributed by atoms with Crippen LogP contribution in [0.3, 0.4) is 0 Å². The number of hydrogen-bond acceptors (Lipinski definition) is 5. The molecule has 1 aliphatic heterocycles. The van der Waals surface area contributed by atoms with Crippen molar-refractivity contribution in [2.45, 2.75) is 32.4 Å². The molecule has 4 rings (SSSR count). The molecule has 0 bridgehead atoms. The first-order valence-electron chi connectivity index (χ1n) is 8.28. The zero-order chi connectivity index (χ0) is 15.5. The molecule has 3 aromatic rings. The number of hydrogen-bond donors (Lipinski definition) is 0. The second-order valence-corrected chi connectivity index (χ2v) is 6.89. The van der Waals surface area contributed by atoms with Gasteiger partial charge in [0.15, 0.2) is 0 Å². The Morgan fingerprint density at radius 1 is 1.13 bits per heavy atom.